The van der Waals surface area contributed by atoms with Crippen LogP contribution >= 0.6 is 0 Å². The molecule has 0 heterocycles. The lowest BCUT2D eigenvalue weighted by atomic mass is 10.1. The van der Waals surface area contributed by atoms with Crippen molar-refractivity contribution in [3.63, 3.8) is 0 Å². The van der Waals surface area contributed by atoms with E-state index < -0.39 is 18.5 Å². The number of anilines is 2. The third kappa shape index (κ3) is 6.51. The summed E-state index contributed by atoms with van der Waals surface area (Å²) in [4.78, 5) is 36.0. The molecule has 160 valence electrons. The van der Waals surface area contributed by atoms with Gasteiger partial charge in [0.1, 0.15) is 11.5 Å². The van der Waals surface area contributed by atoms with Crippen LogP contribution in [0.1, 0.15) is 24.0 Å². The minimum atomic E-state index is -0.636. The van der Waals surface area contributed by atoms with Gasteiger partial charge in [-0.1, -0.05) is 18.2 Å². The molecule has 8 nitrogen and oxygen atoms in total. The van der Waals surface area contributed by atoms with Gasteiger partial charge < -0.3 is 24.8 Å². The average molecular weight is 414 g/mol. The molecule has 0 bridgehead atoms. The summed E-state index contributed by atoms with van der Waals surface area (Å²) in [5, 5.41) is 5.41. The molecule has 0 saturated carbocycles. The number of hydrogen-bond acceptors (Lipinski definition) is 6. The van der Waals surface area contributed by atoms with Crippen molar-refractivity contribution in [2.24, 2.45) is 0 Å². The smallest absolute Gasteiger partial charge is 0.306 e. The van der Waals surface area contributed by atoms with Crippen LogP contribution in [0.2, 0.25) is 0 Å². The van der Waals surface area contributed by atoms with Crippen molar-refractivity contribution >= 4 is 29.2 Å². The van der Waals surface area contributed by atoms with Crippen LogP contribution in [0.25, 0.3) is 0 Å². The van der Waals surface area contributed by atoms with E-state index in [1.165, 1.54) is 14.2 Å². The Labute approximate surface area is 175 Å². The zero-order valence-electron chi connectivity index (χ0n) is 17.5. The molecule has 2 amide bonds. The van der Waals surface area contributed by atoms with Crippen LogP contribution in [-0.2, 0) is 19.1 Å². The van der Waals surface area contributed by atoms with Crippen molar-refractivity contribution in [3.8, 4) is 11.5 Å². The lowest BCUT2D eigenvalue weighted by molar-refractivity contribution is -0.147. The van der Waals surface area contributed by atoms with E-state index in [0.717, 1.165) is 16.8 Å². The van der Waals surface area contributed by atoms with Crippen LogP contribution < -0.4 is 20.1 Å². The van der Waals surface area contributed by atoms with Gasteiger partial charge in [0, 0.05) is 18.2 Å². The standard InChI is InChI=1S/C22H26N2O6/c1-14-6-5-7-15(2)22(14)24-19(25)10-11-21(27)30-13-20(26)23-17-9-8-16(28-3)12-18(17)29-4/h5-9,12H,10-11,13H2,1-4H3,(H,23,26)(H,24,25). The zero-order chi connectivity index (χ0) is 22.1. The van der Waals surface area contributed by atoms with Crippen LogP contribution in [0.15, 0.2) is 36.4 Å². The third-order valence-corrected chi connectivity index (χ3v) is 4.35. The Hall–Kier alpha value is -3.55. The molecular weight excluding hydrogens is 388 g/mol. The van der Waals surface area contributed by atoms with Crippen LogP contribution in [0.5, 0.6) is 11.5 Å². The summed E-state index contributed by atoms with van der Waals surface area (Å²) in [6.45, 7) is 3.33. The summed E-state index contributed by atoms with van der Waals surface area (Å²) in [7, 11) is 2.99. The van der Waals surface area contributed by atoms with Crippen molar-refractivity contribution in [1.29, 1.82) is 0 Å². The maximum atomic E-state index is 12.1. The molecule has 0 aliphatic heterocycles. The molecule has 0 saturated heterocycles. The van der Waals surface area contributed by atoms with Crippen LogP contribution in [0, 0.1) is 13.8 Å². The number of rotatable bonds is 9. The molecule has 0 fully saturated rings. The number of aryl methyl sites for hydroxylation is 2. The van der Waals surface area contributed by atoms with Gasteiger partial charge in [-0.3, -0.25) is 14.4 Å². The van der Waals surface area contributed by atoms with E-state index in [1.54, 1.807) is 18.2 Å². The molecule has 0 unspecified atom stereocenters. The van der Waals surface area contributed by atoms with E-state index >= 15 is 0 Å². The molecular formula is C22H26N2O6. The van der Waals surface area contributed by atoms with Gasteiger partial charge in [-0.05, 0) is 37.1 Å². The second kappa shape index (κ2) is 10.8. The van der Waals surface area contributed by atoms with Crippen molar-refractivity contribution in [2.45, 2.75) is 26.7 Å². The lowest BCUT2D eigenvalue weighted by Crippen LogP contribution is -2.22. The third-order valence-electron chi connectivity index (χ3n) is 4.35. The highest BCUT2D eigenvalue weighted by Crippen LogP contribution is 2.28. The Morgan fingerprint density at radius 2 is 1.57 bits per heavy atom. The number of methoxy groups -OCH3 is 2. The number of para-hydroxylation sites is 1. The summed E-state index contributed by atoms with van der Waals surface area (Å²) in [6, 6.07) is 10.6. The van der Waals surface area contributed by atoms with Crippen molar-refractivity contribution in [2.75, 3.05) is 31.5 Å². The second-order valence-electron chi connectivity index (χ2n) is 6.59. The summed E-state index contributed by atoms with van der Waals surface area (Å²) in [5.41, 5.74) is 3.05. The van der Waals surface area contributed by atoms with Gasteiger partial charge in [0.2, 0.25) is 5.91 Å². The molecule has 2 aromatic carbocycles. The van der Waals surface area contributed by atoms with Gasteiger partial charge in [0.15, 0.2) is 6.61 Å². The van der Waals surface area contributed by atoms with Crippen molar-refractivity contribution in [3.05, 3.63) is 47.5 Å². The first-order valence-corrected chi connectivity index (χ1v) is 9.37. The molecule has 0 aromatic heterocycles. The fraction of sp³-hybridized carbons (Fsp3) is 0.318. The first-order valence-electron chi connectivity index (χ1n) is 9.37. The molecule has 0 spiro atoms. The van der Waals surface area contributed by atoms with Gasteiger partial charge in [0.25, 0.3) is 5.91 Å². The summed E-state index contributed by atoms with van der Waals surface area (Å²) in [6.07, 6.45) is -0.170. The van der Waals surface area contributed by atoms with E-state index in [-0.39, 0.29) is 18.7 Å². The number of nitrogens with one attached hydrogen (secondary N) is 2. The Morgan fingerprint density at radius 1 is 0.867 bits per heavy atom. The monoisotopic (exact) mass is 414 g/mol. The van der Waals surface area contributed by atoms with Gasteiger partial charge in [0.05, 0.1) is 26.3 Å². The number of esters is 1. The van der Waals surface area contributed by atoms with E-state index in [9.17, 15) is 14.4 Å². The number of ether oxygens (including phenoxy) is 3. The van der Waals surface area contributed by atoms with Gasteiger partial charge in [-0.25, -0.2) is 0 Å². The molecule has 2 N–H and O–H groups in total. The molecule has 0 aliphatic carbocycles. The van der Waals surface area contributed by atoms with Crippen LogP contribution in [-0.4, -0.2) is 38.6 Å². The highest BCUT2D eigenvalue weighted by atomic mass is 16.5. The number of benzene rings is 2. The van der Waals surface area contributed by atoms with E-state index in [2.05, 4.69) is 10.6 Å². The minimum absolute atomic E-state index is 0.0411. The highest BCUT2D eigenvalue weighted by molar-refractivity contribution is 5.95. The fourth-order valence-electron chi connectivity index (χ4n) is 2.74. The lowest BCUT2D eigenvalue weighted by Gasteiger charge is -2.12. The summed E-state index contributed by atoms with van der Waals surface area (Å²) in [5.74, 6) is -0.459. The van der Waals surface area contributed by atoms with Crippen LogP contribution in [0.3, 0.4) is 0 Å². The average Bonchev–Trinajstić information content (AvgIpc) is 2.73. The van der Waals surface area contributed by atoms with Crippen molar-refractivity contribution in [1.82, 2.24) is 0 Å². The second-order valence-corrected chi connectivity index (χ2v) is 6.59. The molecule has 0 aliphatic rings. The fourth-order valence-corrected chi connectivity index (χ4v) is 2.74. The number of hydrogen-bond donors (Lipinski definition) is 2. The largest absolute Gasteiger partial charge is 0.497 e. The van der Waals surface area contributed by atoms with Gasteiger partial charge in [-0.15, -0.1) is 0 Å². The van der Waals surface area contributed by atoms with Gasteiger partial charge >= 0.3 is 5.97 Å². The Morgan fingerprint density at radius 3 is 2.20 bits per heavy atom. The normalized spacial score (nSPS) is 10.1. The van der Waals surface area contributed by atoms with Gasteiger partial charge in [-0.2, -0.15) is 0 Å². The van der Waals surface area contributed by atoms with E-state index in [0.29, 0.717) is 17.2 Å². The Bertz CT molecular complexity index is 906. The molecule has 30 heavy (non-hydrogen) atoms. The van der Waals surface area contributed by atoms with E-state index in [1.807, 2.05) is 32.0 Å². The maximum Gasteiger partial charge on any atom is 0.306 e. The molecule has 0 atom stereocenters. The molecule has 2 rings (SSSR count). The highest BCUT2D eigenvalue weighted by Gasteiger charge is 2.14. The number of carbonyl (C=O) groups excluding carboxylic acids is 3. The summed E-state index contributed by atoms with van der Waals surface area (Å²) >= 11 is 0. The quantitative estimate of drug-likeness (QED) is 0.611. The molecule has 8 heteroatoms. The number of amides is 2. The zero-order valence-corrected chi connectivity index (χ0v) is 17.5. The summed E-state index contributed by atoms with van der Waals surface area (Å²) < 4.78 is 15.2. The predicted molar refractivity (Wildman–Crippen MR) is 113 cm³/mol. The first kappa shape index (κ1) is 22.7. The maximum absolute atomic E-state index is 12.1. The number of carbonyl (C=O) groups is 3. The first-order chi connectivity index (χ1) is 14.3. The van der Waals surface area contributed by atoms with Crippen molar-refractivity contribution < 1.29 is 28.6 Å². The Kier molecular flexibility index (Phi) is 8.22. The molecule has 2 aromatic rings. The molecule has 0 radical (unpaired) electrons. The van der Waals surface area contributed by atoms with Crippen LogP contribution in [0.4, 0.5) is 11.4 Å². The van der Waals surface area contributed by atoms with E-state index in [4.69, 9.17) is 14.2 Å². The SMILES string of the molecule is COc1ccc(NC(=O)COC(=O)CCC(=O)Nc2c(C)cccc2C)c(OC)c1. The topological polar surface area (TPSA) is 103 Å². The predicted octanol–water partition coefficient (Wildman–Crippen LogP) is 3.22. The Balaban J connectivity index is 1.78. The minimum Gasteiger partial charge on any atom is -0.497 e.